The van der Waals surface area contributed by atoms with E-state index < -0.39 is 0 Å². The van der Waals surface area contributed by atoms with Gasteiger partial charge < -0.3 is 10.4 Å². The molecule has 0 radical (unpaired) electrons. The minimum absolute atomic E-state index is 0.0486. The third-order valence-corrected chi connectivity index (χ3v) is 2.11. The molecule has 0 amide bonds. The quantitative estimate of drug-likeness (QED) is 0.740. The summed E-state index contributed by atoms with van der Waals surface area (Å²) < 4.78 is 0. The van der Waals surface area contributed by atoms with E-state index >= 15 is 0 Å². The average Bonchev–Trinajstić information content (AvgIpc) is 2.19. The van der Waals surface area contributed by atoms with Crippen LogP contribution in [-0.2, 0) is 6.54 Å². The molecule has 0 aromatic carbocycles. The van der Waals surface area contributed by atoms with Crippen LogP contribution in [0.15, 0.2) is 24.5 Å². The van der Waals surface area contributed by atoms with E-state index in [2.05, 4.69) is 10.3 Å². The summed E-state index contributed by atoms with van der Waals surface area (Å²) in [6, 6.07) is 3.97. The molecule has 0 spiro atoms. The topological polar surface area (TPSA) is 45.1 Å². The number of nitrogens with zero attached hydrogens (tertiary/aromatic N) is 1. The maximum atomic E-state index is 9.04. The maximum Gasteiger partial charge on any atom is 0.0494 e. The molecule has 0 aliphatic rings. The summed E-state index contributed by atoms with van der Waals surface area (Å²) >= 11 is 0. The van der Waals surface area contributed by atoms with Crippen molar-refractivity contribution < 1.29 is 5.11 Å². The van der Waals surface area contributed by atoms with Crippen LogP contribution in [-0.4, -0.2) is 23.2 Å². The fourth-order valence-corrected chi connectivity index (χ4v) is 1.10. The van der Waals surface area contributed by atoms with Crippen LogP contribution in [0.3, 0.4) is 0 Å². The van der Waals surface area contributed by atoms with Crippen LogP contribution in [0.4, 0.5) is 0 Å². The molecule has 0 fully saturated rings. The van der Waals surface area contributed by atoms with Gasteiger partial charge in [-0.15, -0.1) is 0 Å². The van der Waals surface area contributed by atoms with Crippen LogP contribution in [0.1, 0.15) is 19.4 Å². The predicted molar refractivity (Wildman–Crippen MR) is 56.8 cm³/mol. The summed E-state index contributed by atoms with van der Waals surface area (Å²) in [5, 5.41) is 12.3. The second kappa shape index (κ2) is 5.08. The molecule has 0 aliphatic carbocycles. The van der Waals surface area contributed by atoms with Crippen LogP contribution >= 0.6 is 0 Å². The lowest BCUT2D eigenvalue weighted by Crippen LogP contribution is -2.31. The largest absolute Gasteiger partial charge is 0.396 e. The zero-order chi connectivity index (χ0) is 10.4. The number of hydrogen-bond donors (Lipinski definition) is 2. The second-order valence-corrected chi connectivity index (χ2v) is 4.28. The molecule has 0 unspecified atom stereocenters. The predicted octanol–water partition coefficient (Wildman–Crippen LogP) is 1.19. The van der Waals surface area contributed by atoms with Crippen molar-refractivity contribution in [1.82, 2.24) is 10.3 Å². The summed E-state index contributed by atoms with van der Waals surface area (Å²) in [6.45, 7) is 5.91. The van der Waals surface area contributed by atoms with E-state index in [4.69, 9.17) is 5.11 Å². The third-order valence-electron chi connectivity index (χ3n) is 2.11. The number of aliphatic hydroxyl groups is 1. The van der Waals surface area contributed by atoms with E-state index in [0.29, 0.717) is 0 Å². The third kappa shape index (κ3) is 3.85. The number of nitrogens with one attached hydrogen (secondary N) is 1. The van der Waals surface area contributed by atoms with E-state index in [1.807, 2.05) is 26.0 Å². The van der Waals surface area contributed by atoms with Gasteiger partial charge in [0.2, 0.25) is 0 Å². The van der Waals surface area contributed by atoms with E-state index in [1.165, 1.54) is 5.56 Å². The first-order chi connectivity index (χ1) is 6.64. The van der Waals surface area contributed by atoms with E-state index in [1.54, 1.807) is 12.4 Å². The van der Waals surface area contributed by atoms with Crippen LogP contribution < -0.4 is 5.32 Å². The van der Waals surface area contributed by atoms with Crippen molar-refractivity contribution in [3.8, 4) is 0 Å². The molecular weight excluding hydrogens is 176 g/mol. The van der Waals surface area contributed by atoms with Gasteiger partial charge in [0.1, 0.15) is 0 Å². The first-order valence-electron chi connectivity index (χ1n) is 4.84. The van der Waals surface area contributed by atoms with Gasteiger partial charge in [-0.2, -0.15) is 0 Å². The van der Waals surface area contributed by atoms with Crippen molar-refractivity contribution >= 4 is 0 Å². The Morgan fingerprint density at radius 2 is 2.00 bits per heavy atom. The van der Waals surface area contributed by atoms with Crippen molar-refractivity contribution in [3.05, 3.63) is 30.1 Å². The van der Waals surface area contributed by atoms with Crippen molar-refractivity contribution in [2.24, 2.45) is 5.41 Å². The molecule has 0 saturated heterocycles. The van der Waals surface area contributed by atoms with Gasteiger partial charge in [-0.05, 0) is 17.7 Å². The minimum atomic E-state index is -0.0486. The molecule has 1 heterocycles. The Kier molecular flexibility index (Phi) is 4.04. The van der Waals surface area contributed by atoms with E-state index in [-0.39, 0.29) is 12.0 Å². The minimum Gasteiger partial charge on any atom is -0.396 e. The number of hydrogen-bond acceptors (Lipinski definition) is 3. The Bertz CT molecular complexity index is 259. The summed E-state index contributed by atoms with van der Waals surface area (Å²) in [7, 11) is 0. The molecule has 2 N–H and O–H groups in total. The Morgan fingerprint density at radius 3 is 2.57 bits per heavy atom. The number of pyridine rings is 1. The molecule has 1 aromatic heterocycles. The number of aromatic nitrogens is 1. The zero-order valence-electron chi connectivity index (χ0n) is 8.83. The first-order valence-corrected chi connectivity index (χ1v) is 4.84. The van der Waals surface area contributed by atoms with Gasteiger partial charge in [0.05, 0.1) is 0 Å². The SMILES string of the molecule is CC(C)(CO)CNCc1ccncc1. The van der Waals surface area contributed by atoms with Crippen molar-refractivity contribution in [1.29, 1.82) is 0 Å². The Morgan fingerprint density at radius 1 is 1.36 bits per heavy atom. The van der Waals surface area contributed by atoms with Crippen LogP contribution in [0.5, 0.6) is 0 Å². The summed E-state index contributed by atoms with van der Waals surface area (Å²) in [4.78, 5) is 3.95. The lowest BCUT2D eigenvalue weighted by atomic mass is 9.95. The lowest BCUT2D eigenvalue weighted by molar-refractivity contribution is 0.156. The average molecular weight is 194 g/mol. The van der Waals surface area contributed by atoms with Crippen molar-refractivity contribution in [2.45, 2.75) is 20.4 Å². The first kappa shape index (κ1) is 11.1. The van der Waals surface area contributed by atoms with Crippen molar-refractivity contribution in [2.75, 3.05) is 13.2 Å². The highest BCUT2D eigenvalue weighted by Gasteiger charge is 2.14. The van der Waals surface area contributed by atoms with E-state index in [9.17, 15) is 0 Å². The molecular formula is C11H18N2O. The van der Waals surface area contributed by atoms with Crippen molar-refractivity contribution in [3.63, 3.8) is 0 Å². The zero-order valence-corrected chi connectivity index (χ0v) is 8.83. The van der Waals surface area contributed by atoms with Crippen LogP contribution in [0.25, 0.3) is 0 Å². The number of aliphatic hydroxyl groups excluding tert-OH is 1. The molecule has 3 heteroatoms. The normalized spacial score (nSPS) is 11.6. The van der Waals surface area contributed by atoms with Gasteiger partial charge >= 0.3 is 0 Å². The van der Waals surface area contributed by atoms with Gasteiger partial charge in [-0.25, -0.2) is 0 Å². The summed E-state index contributed by atoms with van der Waals surface area (Å²) in [5.41, 5.74) is 1.17. The lowest BCUT2D eigenvalue weighted by Gasteiger charge is -2.21. The second-order valence-electron chi connectivity index (χ2n) is 4.28. The molecule has 0 bridgehead atoms. The molecule has 0 atom stereocenters. The van der Waals surface area contributed by atoms with Crippen LogP contribution in [0, 0.1) is 5.41 Å². The van der Waals surface area contributed by atoms with Gasteiger partial charge in [0.15, 0.2) is 0 Å². The fraction of sp³-hybridized carbons (Fsp3) is 0.545. The maximum absolute atomic E-state index is 9.04. The van der Waals surface area contributed by atoms with Gasteiger partial charge in [-0.1, -0.05) is 13.8 Å². The molecule has 1 rings (SSSR count). The molecule has 1 aromatic rings. The highest BCUT2D eigenvalue weighted by atomic mass is 16.3. The van der Waals surface area contributed by atoms with E-state index in [0.717, 1.165) is 13.1 Å². The fourth-order valence-electron chi connectivity index (χ4n) is 1.10. The highest BCUT2D eigenvalue weighted by molar-refractivity contribution is 5.08. The molecule has 0 aliphatic heterocycles. The Hall–Kier alpha value is -0.930. The summed E-state index contributed by atoms with van der Waals surface area (Å²) in [5.74, 6) is 0. The molecule has 14 heavy (non-hydrogen) atoms. The van der Waals surface area contributed by atoms with Gasteiger partial charge in [0.25, 0.3) is 0 Å². The van der Waals surface area contributed by atoms with Crippen LogP contribution in [0.2, 0.25) is 0 Å². The smallest absolute Gasteiger partial charge is 0.0494 e. The van der Waals surface area contributed by atoms with Gasteiger partial charge in [-0.3, -0.25) is 4.98 Å². The monoisotopic (exact) mass is 194 g/mol. The molecule has 0 saturated carbocycles. The highest BCUT2D eigenvalue weighted by Crippen LogP contribution is 2.11. The Labute approximate surface area is 85.2 Å². The standard InChI is InChI=1S/C11H18N2O/c1-11(2,9-14)8-13-7-10-3-5-12-6-4-10/h3-6,13-14H,7-9H2,1-2H3. The number of rotatable bonds is 5. The summed E-state index contributed by atoms with van der Waals surface area (Å²) in [6.07, 6.45) is 3.57. The molecule has 3 nitrogen and oxygen atoms in total. The Balaban J connectivity index is 2.29. The van der Waals surface area contributed by atoms with Gasteiger partial charge in [0, 0.05) is 37.5 Å². The molecule has 78 valence electrons.